The van der Waals surface area contributed by atoms with Crippen LogP contribution in [0, 0.1) is 0 Å². The van der Waals surface area contributed by atoms with E-state index in [1.54, 1.807) is 6.07 Å². The van der Waals surface area contributed by atoms with E-state index in [1.807, 2.05) is 30.3 Å². The molecule has 0 fully saturated rings. The summed E-state index contributed by atoms with van der Waals surface area (Å²) in [5, 5.41) is -3.83. The van der Waals surface area contributed by atoms with Crippen LogP contribution in [-0.2, 0) is 23.5 Å². The highest BCUT2D eigenvalue weighted by Crippen LogP contribution is 2.49. The average molecular weight is 540 g/mol. The quantitative estimate of drug-likeness (QED) is 0.258. The Bertz CT molecular complexity index is 1350. The summed E-state index contributed by atoms with van der Waals surface area (Å²) in [6, 6.07) is 13.5. The Morgan fingerprint density at radius 3 is 2.58 bits per heavy atom. The summed E-state index contributed by atoms with van der Waals surface area (Å²) in [4.78, 5) is 11.3. The topological polar surface area (TPSA) is 102 Å². The minimum Gasteiger partial charge on any atom is -0.609 e. The molecule has 1 N–H and O–H groups in total. The summed E-state index contributed by atoms with van der Waals surface area (Å²) in [5.74, 6) is -0.0107. The molecular formula is C23H17ClF3N3O5S. The number of aromatic amines is 1. The second-order valence-corrected chi connectivity index (χ2v) is 9.54. The Kier molecular flexibility index (Phi) is 6.27. The van der Waals surface area contributed by atoms with E-state index in [4.69, 9.17) is 21.1 Å². The third-order valence-electron chi connectivity index (χ3n) is 5.18. The number of imidazole rings is 1. The molecule has 4 aromatic rings. The van der Waals surface area contributed by atoms with Crippen molar-refractivity contribution in [3.8, 4) is 23.0 Å². The lowest BCUT2D eigenvalue weighted by Gasteiger charge is -2.33. The van der Waals surface area contributed by atoms with Crippen LogP contribution >= 0.6 is 11.6 Å². The van der Waals surface area contributed by atoms with Crippen LogP contribution in [0.3, 0.4) is 0 Å². The van der Waals surface area contributed by atoms with E-state index in [9.17, 15) is 17.7 Å². The van der Waals surface area contributed by atoms with E-state index in [0.717, 1.165) is 17.7 Å². The minimum atomic E-state index is -4.41. The van der Waals surface area contributed by atoms with E-state index in [2.05, 4.69) is 24.4 Å². The molecular weight excluding hydrogens is 523 g/mol. The molecule has 2 aromatic heterocycles. The number of pyridine rings is 1. The van der Waals surface area contributed by atoms with Gasteiger partial charge in [0.25, 0.3) is 0 Å². The summed E-state index contributed by atoms with van der Waals surface area (Å²) in [7, 11) is 1.48. The van der Waals surface area contributed by atoms with Crippen molar-refractivity contribution in [2.75, 3.05) is 7.11 Å². The molecule has 2 atom stereocenters. The van der Waals surface area contributed by atoms with Gasteiger partial charge >= 0.3 is 16.6 Å². The zero-order valence-electron chi connectivity index (χ0n) is 18.5. The van der Waals surface area contributed by atoms with Crippen LogP contribution in [0.5, 0.6) is 23.0 Å². The molecule has 2 aromatic carbocycles. The first-order valence-corrected chi connectivity index (χ1v) is 12.1. The first-order chi connectivity index (χ1) is 17.1. The van der Waals surface area contributed by atoms with Gasteiger partial charge in [0, 0.05) is 29.4 Å². The van der Waals surface area contributed by atoms with Gasteiger partial charge in [-0.2, -0.15) is 18.2 Å². The number of rotatable bonds is 7. The number of ether oxygens (including phenoxy) is 4. The third kappa shape index (κ3) is 4.71. The van der Waals surface area contributed by atoms with E-state index < -0.39 is 28.3 Å². The molecule has 0 saturated carbocycles. The van der Waals surface area contributed by atoms with Gasteiger partial charge in [-0.05, 0) is 17.2 Å². The molecule has 0 amide bonds. The number of fused-ring (bicyclic) bond motifs is 2. The van der Waals surface area contributed by atoms with Crippen LogP contribution in [0.1, 0.15) is 11.3 Å². The van der Waals surface area contributed by atoms with Gasteiger partial charge in [0.15, 0.2) is 28.8 Å². The summed E-state index contributed by atoms with van der Waals surface area (Å²) >= 11 is 3.40. The highest BCUT2D eigenvalue weighted by Gasteiger charge is 2.63. The van der Waals surface area contributed by atoms with Crippen molar-refractivity contribution in [1.82, 2.24) is 15.0 Å². The van der Waals surface area contributed by atoms with Gasteiger partial charge in [0.2, 0.25) is 0 Å². The molecule has 0 radical (unpaired) electrons. The average Bonchev–Trinajstić information content (AvgIpc) is 3.25. The number of nitrogens with zero attached hydrogens (tertiary/aromatic N) is 2. The number of methoxy groups -OCH3 is 1. The van der Waals surface area contributed by atoms with Gasteiger partial charge in [0.1, 0.15) is 6.61 Å². The zero-order valence-corrected chi connectivity index (χ0v) is 20.0. The second-order valence-electron chi connectivity index (χ2n) is 7.69. The molecule has 5 rings (SSSR count). The van der Waals surface area contributed by atoms with Crippen molar-refractivity contribution in [3.63, 3.8) is 0 Å². The maximum absolute atomic E-state index is 13.9. The fourth-order valence-electron chi connectivity index (χ4n) is 3.41. The number of aromatic nitrogens is 3. The van der Waals surface area contributed by atoms with Crippen LogP contribution in [0.4, 0.5) is 13.2 Å². The summed E-state index contributed by atoms with van der Waals surface area (Å²) < 4.78 is 74.3. The minimum absolute atomic E-state index is 0.0325. The normalized spacial score (nSPS) is 19.2. The lowest BCUT2D eigenvalue weighted by Crippen LogP contribution is -2.51. The Balaban J connectivity index is 1.32. The number of benzene rings is 2. The summed E-state index contributed by atoms with van der Waals surface area (Å²) in [6.45, 7) is 0.319. The van der Waals surface area contributed by atoms with Crippen molar-refractivity contribution in [2.24, 2.45) is 0 Å². The lowest BCUT2D eigenvalue weighted by atomic mass is 10.2. The predicted octanol–water partition coefficient (Wildman–Crippen LogP) is 5.08. The molecule has 1 aliphatic heterocycles. The second kappa shape index (κ2) is 9.26. The number of hydrogen-bond acceptors (Lipinski definition) is 7. The number of nitrogens with one attached hydrogen (secondary N) is 1. The van der Waals surface area contributed by atoms with Crippen molar-refractivity contribution in [2.45, 2.75) is 28.9 Å². The first kappa shape index (κ1) is 24.3. The standard InChI is InChI=1S/C23H17ClF3N3O5S/c1-32-17-7-14(28-10-20(17)33-11-13-5-3-2-4-6-13)12-36(31)21-29-15-8-18-19(9-16(15)30-21)35-23(26,27)22(24,25)34-18/h2-10H,11-12H2,1H3,(H,29,30). The maximum Gasteiger partial charge on any atom is 0.488 e. The van der Waals surface area contributed by atoms with Crippen LogP contribution in [0.25, 0.3) is 11.0 Å². The molecule has 1 aliphatic rings. The summed E-state index contributed by atoms with van der Waals surface area (Å²) in [6.07, 6.45) is -2.94. The van der Waals surface area contributed by atoms with Crippen molar-refractivity contribution in [3.05, 3.63) is 66.0 Å². The van der Waals surface area contributed by atoms with E-state index in [1.165, 1.54) is 13.3 Å². The van der Waals surface area contributed by atoms with Crippen LogP contribution < -0.4 is 18.9 Å². The fourth-order valence-corrected chi connectivity index (χ4v) is 4.52. The fraction of sp³-hybridized carbons (Fsp3) is 0.217. The van der Waals surface area contributed by atoms with E-state index in [-0.39, 0.29) is 27.7 Å². The third-order valence-corrected chi connectivity index (χ3v) is 6.66. The van der Waals surface area contributed by atoms with Crippen molar-refractivity contribution in [1.29, 1.82) is 0 Å². The van der Waals surface area contributed by atoms with Crippen molar-refractivity contribution < 1.29 is 36.7 Å². The highest BCUT2D eigenvalue weighted by atomic mass is 35.5. The molecule has 0 aliphatic carbocycles. The van der Waals surface area contributed by atoms with Crippen LogP contribution in [0.2, 0.25) is 0 Å². The Labute approximate surface area is 210 Å². The predicted molar refractivity (Wildman–Crippen MR) is 124 cm³/mol. The number of halogens is 4. The molecule has 0 saturated heterocycles. The molecule has 8 nitrogen and oxygen atoms in total. The molecule has 0 bridgehead atoms. The largest absolute Gasteiger partial charge is 0.609 e. The molecule has 2 unspecified atom stereocenters. The van der Waals surface area contributed by atoms with E-state index >= 15 is 0 Å². The Morgan fingerprint density at radius 2 is 1.83 bits per heavy atom. The molecule has 0 spiro atoms. The number of H-pyrrole nitrogens is 1. The molecule has 188 valence electrons. The van der Waals surface area contributed by atoms with Crippen LogP contribution in [0.15, 0.2) is 59.9 Å². The van der Waals surface area contributed by atoms with Gasteiger partial charge in [-0.25, -0.2) is 0 Å². The van der Waals surface area contributed by atoms with Gasteiger partial charge in [-0.1, -0.05) is 30.3 Å². The number of hydrogen-bond donors (Lipinski definition) is 1. The monoisotopic (exact) mass is 539 g/mol. The van der Waals surface area contributed by atoms with Gasteiger partial charge in [-0.3, -0.25) is 9.97 Å². The Morgan fingerprint density at radius 1 is 1.08 bits per heavy atom. The summed E-state index contributed by atoms with van der Waals surface area (Å²) in [5.41, 5.74) is 1.83. The highest BCUT2D eigenvalue weighted by molar-refractivity contribution is 7.90. The van der Waals surface area contributed by atoms with Crippen LogP contribution in [-0.4, -0.2) is 38.0 Å². The Hall–Kier alpha value is -3.35. The number of alkyl halides is 4. The molecule has 36 heavy (non-hydrogen) atoms. The van der Waals surface area contributed by atoms with Crippen molar-refractivity contribution >= 4 is 33.8 Å². The lowest BCUT2D eigenvalue weighted by molar-refractivity contribution is -0.303. The zero-order chi connectivity index (χ0) is 25.5. The molecule has 3 heterocycles. The van der Waals surface area contributed by atoms with E-state index in [0.29, 0.717) is 23.8 Å². The van der Waals surface area contributed by atoms with Gasteiger partial charge in [0.05, 0.1) is 30.0 Å². The SMILES string of the molecule is COc1cc(C[S+]([O-])c2nc3cc4c(cc3[nH]2)OC(F)(F)C(F)(Cl)O4)ncc1OCc1ccccc1. The maximum atomic E-state index is 13.9. The smallest absolute Gasteiger partial charge is 0.488 e. The molecule has 13 heteroatoms. The first-order valence-electron chi connectivity index (χ1n) is 10.4. The van der Waals surface area contributed by atoms with Gasteiger partial charge in [-0.15, -0.1) is 0 Å². The van der Waals surface area contributed by atoms with Gasteiger partial charge < -0.3 is 23.5 Å².